The van der Waals surface area contributed by atoms with Crippen molar-refractivity contribution in [2.24, 2.45) is 0 Å². The molecule has 4 heteroatoms. The van der Waals surface area contributed by atoms with E-state index in [1.807, 2.05) is 0 Å². The van der Waals surface area contributed by atoms with Crippen LogP contribution in [0.25, 0.3) is 88.0 Å². The highest BCUT2D eigenvalue weighted by atomic mass is 16.3. The summed E-state index contributed by atoms with van der Waals surface area (Å²) in [7, 11) is 0. The Morgan fingerprint density at radius 1 is 0.371 bits per heavy atom. The molecule has 14 rings (SSSR count). The number of hydrogen-bond donors (Lipinski definition) is 0. The van der Waals surface area contributed by atoms with Crippen molar-refractivity contribution in [3.05, 3.63) is 236 Å². The smallest absolute Gasteiger partial charge is 0.333 e. The van der Waals surface area contributed by atoms with E-state index in [2.05, 4.69) is 261 Å². The lowest BCUT2D eigenvalue weighted by Gasteiger charge is -2.46. The standard InChI is InChI=1S/C66H47BN2O/c1-66(2,3)51-29-32-59(53(39-51)45-21-11-6-12-22-45)68-61-40-56-55-34-47-24-14-16-26-49(47)38-63(55)70-64(56)41-58(61)67-65-57(35-50(37-62(65)68)43-19-9-5-10-20-43)54-33-46-23-13-15-25-48(46)36-60(54)69(67)52-30-27-44(28-31-52)42-17-7-4-8-18-42/h4-41H,1-3H3. The molecule has 0 radical (unpaired) electrons. The fraction of sp³-hybridized carbons (Fsp3) is 0.0606. The van der Waals surface area contributed by atoms with Crippen LogP contribution in [-0.4, -0.2) is 6.85 Å². The van der Waals surface area contributed by atoms with Gasteiger partial charge in [-0.2, -0.15) is 0 Å². The quantitative estimate of drug-likeness (QED) is 0.161. The monoisotopic (exact) mass is 894 g/mol. The minimum atomic E-state index is -0.219. The summed E-state index contributed by atoms with van der Waals surface area (Å²) in [5.74, 6) is 0. The number of hydrogen-bond acceptors (Lipinski definition) is 3. The molecule has 12 aromatic rings. The molecule has 0 aliphatic carbocycles. The number of nitrogens with zero attached hydrogens (tertiary/aromatic N) is 2. The van der Waals surface area contributed by atoms with Gasteiger partial charge in [0.05, 0.1) is 5.69 Å². The van der Waals surface area contributed by atoms with Gasteiger partial charge in [-0.05, 0) is 150 Å². The molecular weight excluding hydrogens is 848 g/mol. The van der Waals surface area contributed by atoms with Gasteiger partial charge in [0.2, 0.25) is 0 Å². The molecule has 0 saturated heterocycles. The molecule has 2 aliphatic heterocycles. The Morgan fingerprint density at radius 2 is 0.929 bits per heavy atom. The van der Waals surface area contributed by atoms with Gasteiger partial charge >= 0.3 is 6.85 Å². The summed E-state index contributed by atoms with van der Waals surface area (Å²) in [4.78, 5) is 5.21. The maximum absolute atomic E-state index is 7.02. The minimum absolute atomic E-state index is 0.0625. The molecule has 0 fully saturated rings. The second kappa shape index (κ2) is 15.5. The highest BCUT2D eigenvalue weighted by molar-refractivity contribution is 6.93. The third-order valence-corrected chi connectivity index (χ3v) is 14.9. The fourth-order valence-corrected chi connectivity index (χ4v) is 11.4. The third-order valence-electron chi connectivity index (χ3n) is 14.9. The number of rotatable bonds is 5. The summed E-state index contributed by atoms with van der Waals surface area (Å²) in [6, 6.07) is 85.4. The maximum atomic E-state index is 7.02. The van der Waals surface area contributed by atoms with E-state index < -0.39 is 0 Å². The van der Waals surface area contributed by atoms with E-state index in [0.29, 0.717) is 0 Å². The molecule has 11 aromatic carbocycles. The normalized spacial score (nSPS) is 13.0. The molecule has 0 amide bonds. The molecule has 330 valence electrons. The van der Waals surface area contributed by atoms with Gasteiger partial charge in [0.15, 0.2) is 0 Å². The van der Waals surface area contributed by atoms with Gasteiger partial charge in [-0.1, -0.05) is 178 Å². The van der Waals surface area contributed by atoms with Crippen molar-refractivity contribution in [2.75, 3.05) is 9.71 Å². The number of benzene rings is 11. The summed E-state index contributed by atoms with van der Waals surface area (Å²) < 4.78 is 7.02. The molecule has 0 spiro atoms. The van der Waals surface area contributed by atoms with Crippen LogP contribution in [0.5, 0.6) is 0 Å². The summed E-state index contributed by atoms with van der Waals surface area (Å²) >= 11 is 0. The Hall–Kier alpha value is -8.60. The second-order valence-corrected chi connectivity index (χ2v) is 20.1. The van der Waals surface area contributed by atoms with Crippen LogP contribution in [0.1, 0.15) is 26.3 Å². The summed E-state index contributed by atoms with van der Waals surface area (Å²) in [5.41, 5.74) is 20.7. The molecule has 0 unspecified atom stereocenters. The number of anilines is 5. The van der Waals surface area contributed by atoms with Gasteiger partial charge in [0, 0.05) is 44.6 Å². The molecule has 2 aliphatic rings. The van der Waals surface area contributed by atoms with Crippen molar-refractivity contribution in [3.8, 4) is 44.5 Å². The lowest BCUT2D eigenvalue weighted by Crippen LogP contribution is -2.61. The van der Waals surface area contributed by atoms with E-state index in [0.717, 1.165) is 44.7 Å². The average Bonchev–Trinajstić information content (AvgIpc) is 3.75. The topological polar surface area (TPSA) is 19.6 Å². The maximum Gasteiger partial charge on any atom is 0.333 e. The van der Waals surface area contributed by atoms with E-state index in [4.69, 9.17) is 4.42 Å². The summed E-state index contributed by atoms with van der Waals surface area (Å²) in [5, 5.41) is 6.99. The second-order valence-electron chi connectivity index (χ2n) is 20.1. The van der Waals surface area contributed by atoms with Crippen LogP contribution < -0.4 is 20.6 Å². The van der Waals surface area contributed by atoms with Gasteiger partial charge < -0.3 is 14.1 Å². The van der Waals surface area contributed by atoms with Gasteiger partial charge in [0.1, 0.15) is 11.2 Å². The van der Waals surface area contributed by atoms with Crippen molar-refractivity contribution in [3.63, 3.8) is 0 Å². The first-order chi connectivity index (χ1) is 34.3. The molecule has 0 bridgehead atoms. The van der Waals surface area contributed by atoms with Crippen LogP contribution in [0, 0.1) is 0 Å². The summed E-state index contributed by atoms with van der Waals surface area (Å²) in [6.07, 6.45) is 0. The van der Waals surface area contributed by atoms with Crippen molar-refractivity contribution in [2.45, 2.75) is 26.2 Å². The van der Waals surface area contributed by atoms with E-state index in [1.54, 1.807) is 0 Å². The fourth-order valence-electron chi connectivity index (χ4n) is 11.4. The largest absolute Gasteiger partial charge is 0.456 e. The van der Waals surface area contributed by atoms with Crippen LogP contribution in [-0.2, 0) is 5.41 Å². The van der Waals surface area contributed by atoms with E-state index in [9.17, 15) is 0 Å². The van der Waals surface area contributed by atoms with Gasteiger partial charge in [-0.25, -0.2) is 0 Å². The Morgan fingerprint density at radius 3 is 1.60 bits per heavy atom. The molecule has 3 nitrogen and oxygen atoms in total. The predicted molar refractivity (Wildman–Crippen MR) is 297 cm³/mol. The highest BCUT2D eigenvalue weighted by Gasteiger charge is 2.46. The average molecular weight is 895 g/mol. The van der Waals surface area contributed by atoms with Crippen molar-refractivity contribution in [1.29, 1.82) is 0 Å². The first kappa shape index (κ1) is 40.5. The van der Waals surface area contributed by atoms with Crippen molar-refractivity contribution in [1.82, 2.24) is 0 Å². The zero-order chi connectivity index (χ0) is 46.7. The lowest BCUT2D eigenvalue weighted by atomic mass is 9.43. The molecule has 0 atom stereocenters. The Kier molecular flexibility index (Phi) is 8.94. The van der Waals surface area contributed by atoms with E-state index in [-0.39, 0.29) is 12.3 Å². The van der Waals surface area contributed by atoms with Crippen LogP contribution in [0.15, 0.2) is 235 Å². The first-order valence-electron chi connectivity index (χ1n) is 24.4. The Bertz CT molecular complexity index is 4040. The number of fused-ring (bicyclic) bond motifs is 9. The Balaban J connectivity index is 1.13. The molecular formula is C66H47BN2O. The van der Waals surface area contributed by atoms with Gasteiger partial charge in [-0.3, -0.25) is 0 Å². The molecule has 1 aromatic heterocycles. The lowest BCUT2D eigenvalue weighted by molar-refractivity contribution is 0.590. The molecule has 3 heterocycles. The van der Waals surface area contributed by atoms with Crippen LogP contribution in [0.2, 0.25) is 0 Å². The third kappa shape index (κ3) is 6.37. The van der Waals surface area contributed by atoms with E-state index in [1.165, 1.54) is 88.2 Å². The zero-order valence-corrected chi connectivity index (χ0v) is 39.3. The van der Waals surface area contributed by atoms with Crippen molar-refractivity contribution >= 4 is 89.7 Å². The minimum Gasteiger partial charge on any atom is -0.456 e. The van der Waals surface area contributed by atoms with Crippen LogP contribution in [0.3, 0.4) is 0 Å². The Labute approximate surface area is 408 Å². The van der Waals surface area contributed by atoms with E-state index >= 15 is 0 Å². The van der Waals surface area contributed by atoms with Gasteiger partial charge in [0.25, 0.3) is 0 Å². The molecule has 0 N–H and O–H groups in total. The molecule has 0 saturated carbocycles. The van der Waals surface area contributed by atoms with Crippen LogP contribution >= 0.6 is 0 Å². The SMILES string of the molecule is CC(C)(C)c1ccc(N2c3cc4c(cc3B3c5c(cc(-c6ccccc6)cc52)-c2cc5ccccc5cc2N3c2ccc(-c3ccccc3)cc2)oc2cc3ccccc3cc24)c(-c2ccccc2)c1. The predicted octanol–water partition coefficient (Wildman–Crippen LogP) is 16.9. The van der Waals surface area contributed by atoms with Crippen molar-refractivity contribution < 1.29 is 4.42 Å². The first-order valence-corrected chi connectivity index (χ1v) is 24.4. The zero-order valence-electron chi connectivity index (χ0n) is 39.3. The number of furan rings is 1. The van der Waals surface area contributed by atoms with Gasteiger partial charge in [-0.15, -0.1) is 0 Å². The summed E-state index contributed by atoms with van der Waals surface area (Å²) in [6.45, 7) is 6.71. The highest BCUT2D eigenvalue weighted by Crippen LogP contribution is 2.52. The van der Waals surface area contributed by atoms with Crippen LogP contribution in [0.4, 0.5) is 28.4 Å². The molecule has 70 heavy (non-hydrogen) atoms.